The molecule has 2 rings (SSSR count). The van der Waals surface area contributed by atoms with Gasteiger partial charge < -0.3 is 0 Å². The zero-order valence-electron chi connectivity index (χ0n) is 11.8. The molecule has 0 N–H and O–H groups in total. The highest BCUT2D eigenvalue weighted by Gasteiger charge is 2.46. The van der Waals surface area contributed by atoms with Gasteiger partial charge in [-0.25, -0.2) is 0 Å². The summed E-state index contributed by atoms with van der Waals surface area (Å²) in [6.07, 6.45) is 1.96. The van der Waals surface area contributed by atoms with Gasteiger partial charge in [0.25, 0.3) is 0 Å². The second kappa shape index (κ2) is 4.85. The Labute approximate surface area is 117 Å². The SMILES string of the molecule is CC1(C)C=C(CS(=O)c2ccccc2)C(C)(C)N1[O]. The van der Waals surface area contributed by atoms with E-state index < -0.39 is 21.9 Å². The number of hydrogen-bond acceptors (Lipinski definition) is 2. The van der Waals surface area contributed by atoms with E-state index in [1.165, 1.54) is 0 Å². The molecule has 103 valence electrons. The van der Waals surface area contributed by atoms with Crippen LogP contribution in [0.5, 0.6) is 0 Å². The van der Waals surface area contributed by atoms with E-state index in [9.17, 15) is 9.42 Å². The summed E-state index contributed by atoms with van der Waals surface area (Å²) in [5, 5.41) is 13.3. The van der Waals surface area contributed by atoms with E-state index in [1.807, 2.05) is 64.1 Å². The molecule has 4 heteroatoms. The summed E-state index contributed by atoms with van der Waals surface area (Å²) in [5.74, 6) is 0.416. The maximum Gasteiger partial charge on any atom is 0.0665 e. The lowest BCUT2D eigenvalue weighted by Gasteiger charge is -2.33. The van der Waals surface area contributed by atoms with E-state index in [-0.39, 0.29) is 0 Å². The molecule has 0 saturated carbocycles. The smallest absolute Gasteiger partial charge is 0.0665 e. The largest absolute Gasteiger partial charge is 0.254 e. The third kappa shape index (κ3) is 2.66. The Morgan fingerprint density at radius 2 is 1.68 bits per heavy atom. The van der Waals surface area contributed by atoms with E-state index in [0.29, 0.717) is 5.75 Å². The maximum absolute atomic E-state index is 12.4. The minimum atomic E-state index is -1.10. The average molecular weight is 278 g/mol. The van der Waals surface area contributed by atoms with Crippen molar-refractivity contribution in [3.05, 3.63) is 42.0 Å². The van der Waals surface area contributed by atoms with Crippen molar-refractivity contribution in [1.29, 1.82) is 0 Å². The number of benzene rings is 1. The highest BCUT2D eigenvalue weighted by molar-refractivity contribution is 7.85. The van der Waals surface area contributed by atoms with Crippen LogP contribution in [-0.4, -0.2) is 26.1 Å². The molecule has 1 aromatic rings. The van der Waals surface area contributed by atoms with Crippen LogP contribution in [0.4, 0.5) is 0 Å². The van der Waals surface area contributed by atoms with Gasteiger partial charge in [0.15, 0.2) is 0 Å². The van der Waals surface area contributed by atoms with Crippen molar-refractivity contribution in [1.82, 2.24) is 5.06 Å². The van der Waals surface area contributed by atoms with E-state index in [4.69, 9.17) is 0 Å². The standard InChI is InChI=1S/C15H20NO2S/c1-14(2)10-12(15(3,4)16(14)17)11-19(18)13-8-6-5-7-9-13/h5-10H,11H2,1-4H3. The van der Waals surface area contributed by atoms with E-state index in [2.05, 4.69) is 0 Å². The fraction of sp³-hybridized carbons (Fsp3) is 0.467. The molecule has 1 aliphatic rings. The zero-order chi connectivity index (χ0) is 14.3. The third-order valence-electron chi connectivity index (χ3n) is 3.64. The molecule has 1 radical (unpaired) electrons. The molecular formula is C15H20NO2S. The van der Waals surface area contributed by atoms with Crippen LogP contribution in [0.1, 0.15) is 27.7 Å². The summed E-state index contributed by atoms with van der Waals surface area (Å²) in [5.41, 5.74) is -0.164. The summed E-state index contributed by atoms with van der Waals surface area (Å²) >= 11 is 0. The molecule has 0 aromatic heterocycles. The first-order chi connectivity index (χ1) is 8.75. The first-order valence-electron chi connectivity index (χ1n) is 6.38. The molecule has 0 bridgehead atoms. The van der Waals surface area contributed by atoms with Gasteiger partial charge >= 0.3 is 0 Å². The Kier molecular flexibility index (Phi) is 3.69. The topological polar surface area (TPSA) is 40.2 Å². The molecule has 1 heterocycles. The highest BCUT2D eigenvalue weighted by atomic mass is 32.2. The molecule has 0 aliphatic carbocycles. The molecular weight excluding hydrogens is 258 g/mol. The molecule has 1 unspecified atom stereocenters. The summed E-state index contributed by atoms with van der Waals surface area (Å²) < 4.78 is 12.4. The van der Waals surface area contributed by atoms with Gasteiger partial charge in [-0.2, -0.15) is 0 Å². The van der Waals surface area contributed by atoms with Gasteiger partial charge in [0.2, 0.25) is 0 Å². The number of hydrogen-bond donors (Lipinski definition) is 0. The van der Waals surface area contributed by atoms with Crippen molar-refractivity contribution in [3.63, 3.8) is 0 Å². The van der Waals surface area contributed by atoms with Crippen LogP contribution < -0.4 is 0 Å². The lowest BCUT2D eigenvalue weighted by Crippen LogP contribution is -2.47. The summed E-state index contributed by atoms with van der Waals surface area (Å²) in [7, 11) is -1.10. The quantitative estimate of drug-likeness (QED) is 0.798. The first kappa shape index (κ1) is 14.4. The lowest BCUT2D eigenvalue weighted by molar-refractivity contribution is -0.238. The van der Waals surface area contributed by atoms with Crippen molar-refractivity contribution in [2.45, 2.75) is 43.7 Å². The van der Waals surface area contributed by atoms with Gasteiger partial charge in [0.05, 0.1) is 27.6 Å². The van der Waals surface area contributed by atoms with Crippen molar-refractivity contribution in [3.8, 4) is 0 Å². The Morgan fingerprint density at radius 1 is 1.11 bits per heavy atom. The number of rotatable bonds is 3. The molecule has 0 amide bonds. The summed E-state index contributed by atoms with van der Waals surface area (Å²) in [6, 6.07) is 9.38. The zero-order valence-corrected chi connectivity index (χ0v) is 12.7. The maximum atomic E-state index is 12.4. The van der Waals surface area contributed by atoms with Crippen LogP contribution >= 0.6 is 0 Å². The van der Waals surface area contributed by atoms with E-state index in [1.54, 1.807) is 0 Å². The molecule has 0 saturated heterocycles. The van der Waals surface area contributed by atoms with Gasteiger partial charge in [0, 0.05) is 4.90 Å². The molecule has 3 nitrogen and oxygen atoms in total. The van der Waals surface area contributed by atoms with Gasteiger partial charge in [0.1, 0.15) is 0 Å². The fourth-order valence-electron chi connectivity index (χ4n) is 2.53. The molecule has 1 aliphatic heterocycles. The molecule has 19 heavy (non-hydrogen) atoms. The highest BCUT2D eigenvalue weighted by Crippen LogP contribution is 2.39. The fourth-order valence-corrected chi connectivity index (χ4v) is 3.87. The average Bonchev–Trinajstić information content (AvgIpc) is 2.51. The van der Waals surface area contributed by atoms with Gasteiger partial charge in [-0.05, 0) is 45.4 Å². The predicted molar refractivity (Wildman–Crippen MR) is 76.5 cm³/mol. The van der Waals surface area contributed by atoms with Crippen LogP contribution in [0, 0.1) is 0 Å². The Balaban J connectivity index is 2.23. The third-order valence-corrected chi connectivity index (χ3v) is 5.01. The second-order valence-electron chi connectivity index (χ2n) is 5.98. The summed E-state index contributed by atoms with van der Waals surface area (Å²) in [4.78, 5) is 0.807. The van der Waals surface area contributed by atoms with Crippen LogP contribution in [0.3, 0.4) is 0 Å². The van der Waals surface area contributed by atoms with Crippen molar-refractivity contribution >= 4 is 10.8 Å². The van der Waals surface area contributed by atoms with E-state index in [0.717, 1.165) is 15.5 Å². The first-order valence-corrected chi connectivity index (χ1v) is 7.70. The predicted octanol–water partition coefficient (Wildman–Crippen LogP) is 2.94. The molecule has 1 atom stereocenters. The number of hydroxylamine groups is 2. The van der Waals surface area contributed by atoms with Crippen molar-refractivity contribution in [2.24, 2.45) is 0 Å². The van der Waals surface area contributed by atoms with Gasteiger partial charge in [-0.15, -0.1) is 10.3 Å². The molecule has 1 aromatic carbocycles. The van der Waals surface area contributed by atoms with Crippen LogP contribution in [0.2, 0.25) is 0 Å². The minimum Gasteiger partial charge on any atom is -0.254 e. The second-order valence-corrected chi connectivity index (χ2v) is 7.43. The number of nitrogens with zero attached hydrogens (tertiary/aromatic N) is 1. The van der Waals surface area contributed by atoms with Crippen molar-refractivity contribution < 1.29 is 9.42 Å². The van der Waals surface area contributed by atoms with Crippen LogP contribution in [0.15, 0.2) is 46.9 Å². The van der Waals surface area contributed by atoms with E-state index >= 15 is 0 Å². The Bertz CT molecular complexity index is 520. The van der Waals surface area contributed by atoms with Gasteiger partial charge in [-0.3, -0.25) is 4.21 Å². The monoisotopic (exact) mass is 278 g/mol. The van der Waals surface area contributed by atoms with Crippen molar-refractivity contribution in [2.75, 3.05) is 5.75 Å². The molecule has 0 spiro atoms. The normalized spacial score (nSPS) is 23.1. The Morgan fingerprint density at radius 3 is 2.16 bits per heavy atom. The summed E-state index contributed by atoms with van der Waals surface area (Å²) in [6.45, 7) is 7.56. The van der Waals surface area contributed by atoms with Gasteiger partial charge in [-0.1, -0.05) is 24.3 Å². The Hall–Kier alpha value is -0.970. The molecule has 0 fully saturated rings. The van der Waals surface area contributed by atoms with Crippen LogP contribution in [-0.2, 0) is 16.0 Å². The lowest BCUT2D eigenvalue weighted by atomic mass is 9.98. The minimum absolute atomic E-state index is 0.416. The van der Waals surface area contributed by atoms with Crippen LogP contribution in [0.25, 0.3) is 0 Å².